The summed E-state index contributed by atoms with van der Waals surface area (Å²) in [5, 5.41) is 0.666. The largest absolute Gasteiger partial charge is 0.489 e. The molecule has 0 aromatic heterocycles. The second kappa shape index (κ2) is 4.89. The average molecular weight is 369 g/mol. The molecule has 1 aromatic carbocycles. The lowest BCUT2D eigenvalue weighted by atomic mass is 9.70. The number of ether oxygens (including phenoxy) is 2. The zero-order chi connectivity index (χ0) is 14.6. The Morgan fingerprint density at radius 3 is 3.10 bits per heavy atom. The van der Waals surface area contributed by atoms with Crippen molar-refractivity contribution >= 4 is 32.9 Å². The molecule has 0 saturated carbocycles. The Morgan fingerprint density at radius 1 is 1.48 bits per heavy atom. The Kier molecular flexibility index (Phi) is 3.24. The van der Waals surface area contributed by atoms with Gasteiger partial charge in [-0.15, -0.1) is 0 Å². The van der Waals surface area contributed by atoms with Crippen LogP contribution < -0.4 is 10.5 Å². The number of hydrogen-bond donors (Lipinski definition) is 1. The molecule has 0 aliphatic carbocycles. The van der Waals surface area contributed by atoms with E-state index < -0.39 is 0 Å². The zero-order valence-electron chi connectivity index (χ0n) is 11.7. The molecule has 2 N–H and O–H groups in total. The molecular weight excluding hydrogens is 352 g/mol. The summed E-state index contributed by atoms with van der Waals surface area (Å²) in [6.45, 7) is 2.87. The number of benzene rings is 1. The molecule has 112 valence electrons. The molecule has 1 aromatic rings. The van der Waals surface area contributed by atoms with Gasteiger partial charge >= 0.3 is 0 Å². The van der Waals surface area contributed by atoms with E-state index in [1.165, 1.54) is 0 Å². The first kappa shape index (κ1) is 13.9. The lowest BCUT2D eigenvalue weighted by molar-refractivity contribution is -0.108. The van der Waals surface area contributed by atoms with Crippen molar-refractivity contribution in [1.82, 2.24) is 0 Å². The highest BCUT2D eigenvalue weighted by molar-refractivity contribution is 9.10. The summed E-state index contributed by atoms with van der Waals surface area (Å²) in [6.07, 6.45) is 1.18. The average Bonchev–Trinajstić information content (AvgIpc) is 2.83. The van der Waals surface area contributed by atoms with E-state index in [1.54, 1.807) is 11.8 Å². The van der Waals surface area contributed by atoms with E-state index in [-0.39, 0.29) is 23.7 Å². The van der Waals surface area contributed by atoms with Gasteiger partial charge in [0.25, 0.3) is 0 Å². The lowest BCUT2D eigenvalue weighted by Crippen LogP contribution is -2.55. The molecule has 4 atom stereocenters. The maximum atomic E-state index is 6.26. The minimum absolute atomic E-state index is 0.117. The highest BCUT2D eigenvalue weighted by Gasteiger charge is 2.56. The standard InChI is InChI=1S/C15H17BrN2O2S/c1-8-13-12(4-5-19-8)20-11-3-2-9(16)6-10(11)15(13)7-21-14(17)18-15/h2-3,6,8,12-13H,4-5,7H2,1H3,(H2,17,18)/t8-,12-,13-,15+/m1/s1. The van der Waals surface area contributed by atoms with Gasteiger partial charge in [0.1, 0.15) is 17.4 Å². The number of nitrogens with zero attached hydrogens (tertiary/aromatic N) is 1. The zero-order valence-corrected chi connectivity index (χ0v) is 14.1. The summed E-state index contributed by atoms with van der Waals surface area (Å²) in [5.41, 5.74) is 6.83. The van der Waals surface area contributed by atoms with E-state index in [4.69, 9.17) is 20.2 Å². The van der Waals surface area contributed by atoms with Gasteiger partial charge in [-0.3, -0.25) is 0 Å². The Hall–Kier alpha value is -0.720. The van der Waals surface area contributed by atoms with Crippen molar-refractivity contribution in [2.45, 2.75) is 31.1 Å². The van der Waals surface area contributed by atoms with Gasteiger partial charge in [-0.1, -0.05) is 27.7 Å². The third-order valence-electron chi connectivity index (χ3n) is 4.68. The summed E-state index contributed by atoms with van der Waals surface area (Å²) in [4.78, 5) is 4.87. The molecule has 3 heterocycles. The summed E-state index contributed by atoms with van der Waals surface area (Å²) < 4.78 is 13.2. The molecule has 1 fully saturated rings. The van der Waals surface area contributed by atoms with E-state index in [1.807, 2.05) is 12.1 Å². The molecule has 0 radical (unpaired) electrons. The summed E-state index contributed by atoms with van der Waals surface area (Å²) in [5.74, 6) is 2.01. The molecule has 1 spiro atoms. The first-order valence-electron chi connectivity index (χ1n) is 7.16. The highest BCUT2D eigenvalue weighted by Crippen LogP contribution is 2.54. The van der Waals surface area contributed by atoms with Crippen molar-refractivity contribution in [2.24, 2.45) is 16.6 Å². The monoisotopic (exact) mass is 368 g/mol. The van der Waals surface area contributed by atoms with Crippen LogP contribution in [0.25, 0.3) is 0 Å². The second-order valence-corrected chi connectivity index (χ2v) is 7.76. The van der Waals surface area contributed by atoms with Crippen LogP contribution >= 0.6 is 27.7 Å². The number of halogens is 1. The number of nitrogens with two attached hydrogens (primary N) is 1. The van der Waals surface area contributed by atoms with Gasteiger partial charge in [0, 0.05) is 22.2 Å². The highest BCUT2D eigenvalue weighted by atomic mass is 79.9. The molecule has 21 heavy (non-hydrogen) atoms. The topological polar surface area (TPSA) is 56.8 Å². The second-order valence-electron chi connectivity index (χ2n) is 5.85. The molecule has 0 bridgehead atoms. The molecular formula is C15H17BrN2O2S. The smallest absolute Gasteiger partial charge is 0.154 e. The number of aliphatic imine (C=N–C) groups is 1. The van der Waals surface area contributed by atoms with Crippen molar-refractivity contribution in [3.63, 3.8) is 0 Å². The molecule has 6 heteroatoms. The number of rotatable bonds is 0. The molecule has 4 nitrogen and oxygen atoms in total. The Labute approximate surface area is 136 Å². The fourth-order valence-corrected chi connectivity index (χ4v) is 5.19. The van der Waals surface area contributed by atoms with Crippen molar-refractivity contribution in [2.75, 3.05) is 12.4 Å². The maximum absolute atomic E-state index is 6.26. The number of amidine groups is 1. The van der Waals surface area contributed by atoms with Gasteiger partial charge in [-0.2, -0.15) is 0 Å². The van der Waals surface area contributed by atoms with Gasteiger partial charge in [0.05, 0.1) is 18.6 Å². The van der Waals surface area contributed by atoms with Crippen LogP contribution in [0.1, 0.15) is 18.9 Å². The third kappa shape index (κ3) is 2.03. The van der Waals surface area contributed by atoms with E-state index >= 15 is 0 Å². The molecule has 0 amide bonds. The minimum Gasteiger partial charge on any atom is -0.489 e. The van der Waals surface area contributed by atoms with Crippen LogP contribution in [-0.4, -0.2) is 29.7 Å². The van der Waals surface area contributed by atoms with Crippen LogP contribution in [0, 0.1) is 5.92 Å². The van der Waals surface area contributed by atoms with Gasteiger partial charge in [-0.25, -0.2) is 4.99 Å². The van der Waals surface area contributed by atoms with E-state index in [0.29, 0.717) is 5.17 Å². The van der Waals surface area contributed by atoms with Crippen molar-refractivity contribution in [3.05, 3.63) is 28.2 Å². The summed E-state index contributed by atoms with van der Waals surface area (Å²) >= 11 is 5.20. The maximum Gasteiger partial charge on any atom is 0.154 e. The van der Waals surface area contributed by atoms with Crippen LogP contribution in [-0.2, 0) is 10.3 Å². The van der Waals surface area contributed by atoms with Gasteiger partial charge < -0.3 is 15.2 Å². The van der Waals surface area contributed by atoms with Crippen molar-refractivity contribution in [3.8, 4) is 5.75 Å². The van der Waals surface area contributed by atoms with Crippen LogP contribution in [0.4, 0.5) is 0 Å². The molecule has 3 aliphatic heterocycles. The summed E-state index contributed by atoms with van der Waals surface area (Å²) in [6, 6.07) is 6.17. The number of hydrogen-bond acceptors (Lipinski definition) is 5. The van der Waals surface area contributed by atoms with Crippen LogP contribution in [0.3, 0.4) is 0 Å². The van der Waals surface area contributed by atoms with E-state index in [9.17, 15) is 0 Å². The van der Waals surface area contributed by atoms with Crippen LogP contribution in [0.5, 0.6) is 5.75 Å². The van der Waals surface area contributed by atoms with E-state index in [2.05, 4.69) is 28.9 Å². The van der Waals surface area contributed by atoms with Crippen molar-refractivity contribution in [1.29, 1.82) is 0 Å². The Balaban J connectivity index is 1.92. The van der Waals surface area contributed by atoms with Gasteiger partial charge in [0.15, 0.2) is 5.17 Å². The molecule has 0 unspecified atom stereocenters. The van der Waals surface area contributed by atoms with Crippen molar-refractivity contribution < 1.29 is 9.47 Å². The first-order chi connectivity index (χ1) is 10.1. The fourth-order valence-electron chi connectivity index (χ4n) is 3.82. The summed E-state index contributed by atoms with van der Waals surface area (Å²) in [7, 11) is 0. The lowest BCUT2D eigenvalue weighted by Gasteiger charge is -2.49. The first-order valence-corrected chi connectivity index (χ1v) is 8.94. The minimum atomic E-state index is -0.323. The predicted octanol–water partition coefficient (Wildman–Crippen LogP) is 2.89. The number of thioether (sulfide) groups is 1. The third-order valence-corrected chi connectivity index (χ3v) is 6.14. The van der Waals surface area contributed by atoms with Gasteiger partial charge in [-0.05, 0) is 25.1 Å². The fraction of sp³-hybridized carbons (Fsp3) is 0.533. The van der Waals surface area contributed by atoms with E-state index in [0.717, 1.165) is 34.6 Å². The predicted molar refractivity (Wildman–Crippen MR) is 87.8 cm³/mol. The van der Waals surface area contributed by atoms with Crippen LogP contribution in [0.15, 0.2) is 27.7 Å². The van der Waals surface area contributed by atoms with Crippen LogP contribution in [0.2, 0.25) is 0 Å². The quantitative estimate of drug-likeness (QED) is 0.764. The number of fused-ring (bicyclic) bond motifs is 4. The Bertz CT molecular complexity index is 624. The SMILES string of the molecule is C[C@H]1OCC[C@H]2Oc3ccc(Br)cc3[C@@]3(CSC(N)=N3)[C@H]12. The Morgan fingerprint density at radius 2 is 2.33 bits per heavy atom. The normalized spacial score (nSPS) is 37.6. The molecule has 3 aliphatic rings. The van der Waals surface area contributed by atoms with Gasteiger partial charge in [0.2, 0.25) is 0 Å². The molecule has 4 rings (SSSR count). The molecule has 1 saturated heterocycles.